The van der Waals surface area contributed by atoms with E-state index in [0.29, 0.717) is 25.5 Å². The number of aromatic nitrogens is 1. The fraction of sp³-hybridized carbons (Fsp3) is 0.231. The van der Waals surface area contributed by atoms with Crippen molar-refractivity contribution in [3.63, 3.8) is 0 Å². The molecule has 0 unspecified atom stereocenters. The van der Waals surface area contributed by atoms with Gasteiger partial charge in [-0.15, -0.1) is 11.3 Å². The Hall–Kier alpha value is -1.08. The second-order valence-electron chi connectivity index (χ2n) is 4.10. The normalized spacial score (nSPS) is 10.7. The highest BCUT2D eigenvalue weighted by Crippen LogP contribution is 2.39. The first-order valence-electron chi connectivity index (χ1n) is 5.39. The molecule has 0 aliphatic rings. The molecule has 92 valence electrons. The fourth-order valence-corrected chi connectivity index (χ4v) is 3.39. The van der Waals surface area contributed by atoms with Gasteiger partial charge in [-0.05, 0) is 18.1 Å². The molecule has 2 rings (SSSR count). The van der Waals surface area contributed by atoms with E-state index >= 15 is 0 Å². The Morgan fingerprint density at radius 1 is 1.28 bits per heavy atom. The van der Waals surface area contributed by atoms with Crippen LogP contribution in [0.3, 0.4) is 0 Å². The molecule has 0 aliphatic carbocycles. The first-order chi connectivity index (χ1) is 8.54. The Morgan fingerprint density at radius 2 is 1.89 bits per heavy atom. The van der Waals surface area contributed by atoms with Crippen molar-refractivity contribution in [2.75, 3.05) is 0 Å². The van der Waals surface area contributed by atoms with Crippen molar-refractivity contribution in [2.24, 2.45) is 0 Å². The summed E-state index contributed by atoms with van der Waals surface area (Å²) in [6.07, 6.45) is 0. The van der Waals surface area contributed by atoms with E-state index in [1.807, 2.05) is 13.8 Å². The van der Waals surface area contributed by atoms with Gasteiger partial charge in [0.05, 0.1) is 15.7 Å². The Morgan fingerprint density at radius 3 is 2.33 bits per heavy atom. The standard InChI is InChI=1S/C13H10Cl2N2S/c1-7(2)12-10(6-16)18-13(17-12)11-8(14)4-3-5-9(11)15/h3-5,7H,1-2H3. The highest BCUT2D eigenvalue weighted by molar-refractivity contribution is 7.15. The highest BCUT2D eigenvalue weighted by atomic mass is 35.5. The van der Waals surface area contributed by atoms with E-state index in [1.54, 1.807) is 18.2 Å². The summed E-state index contributed by atoms with van der Waals surface area (Å²) in [7, 11) is 0. The Balaban J connectivity index is 2.63. The van der Waals surface area contributed by atoms with Gasteiger partial charge in [-0.25, -0.2) is 4.98 Å². The summed E-state index contributed by atoms with van der Waals surface area (Å²) in [5.41, 5.74) is 1.50. The molecule has 0 saturated carbocycles. The lowest BCUT2D eigenvalue weighted by molar-refractivity contribution is 0.831. The third-order valence-corrected chi connectivity index (χ3v) is 4.10. The van der Waals surface area contributed by atoms with Gasteiger partial charge in [0, 0.05) is 5.56 Å². The van der Waals surface area contributed by atoms with Crippen molar-refractivity contribution in [1.82, 2.24) is 4.98 Å². The lowest BCUT2D eigenvalue weighted by Crippen LogP contribution is -1.90. The lowest BCUT2D eigenvalue weighted by atomic mass is 10.1. The topological polar surface area (TPSA) is 36.7 Å². The molecule has 0 radical (unpaired) electrons. The smallest absolute Gasteiger partial charge is 0.128 e. The third-order valence-electron chi connectivity index (χ3n) is 2.48. The molecule has 0 amide bonds. The van der Waals surface area contributed by atoms with Crippen molar-refractivity contribution in [3.8, 4) is 16.6 Å². The highest BCUT2D eigenvalue weighted by Gasteiger charge is 2.18. The summed E-state index contributed by atoms with van der Waals surface area (Å²) in [5.74, 6) is 0.200. The lowest BCUT2D eigenvalue weighted by Gasteiger charge is -2.03. The molecule has 0 aliphatic heterocycles. The molecule has 18 heavy (non-hydrogen) atoms. The molecule has 1 aromatic heterocycles. The van der Waals surface area contributed by atoms with Crippen molar-refractivity contribution in [1.29, 1.82) is 5.26 Å². The zero-order valence-electron chi connectivity index (χ0n) is 9.87. The number of thiazole rings is 1. The number of hydrogen-bond donors (Lipinski definition) is 0. The van der Waals surface area contributed by atoms with Crippen LogP contribution < -0.4 is 0 Å². The maximum Gasteiger partial charge on any atom is 0.128 e. The molecule has 0 N–H and O–H groups in total. The van der Waals surface area contributed by atoms with Crippen LogP contribution >= 0.6 is 34.5 Å². The molecule has 0 fully saturated rings. The van der Waals surface area contributed by atoms with Gasteiger partial charge in [-0.3, -0.25) is 0 Å². The molecule has 0 atom stereocenters. The number of nitrogens with zero attached hydrogens (tertiary/aromatic N) is 2. The summed E-state index contributed by atoms with van der Waals surface area (Å²) in [6, 6.07) is 7.50. The molecular weight excluding hydrogens is 287 g/mol. The van der Waals surface area contributed by atoms with E-state index in [2.05, 4.69) is 11.1 Å². The fourth-order valence-electron chi connectivity index (χ4n) is 1.61. The number of rotatable bonds is 2. The van der Waals surface area contributed by atoms with Gasteiger partial charge in [-0.1, -0.05) is 43.1 Å². The van der Waals surface area contributed by atoms with Gasteiger partial charge in [0.2, 0.25) is 0 Å². The first-order valence-corrected chi connectivity index (χ1v) is 6.97. The summed E-state index contributed by atoms with van der Waals surface area (Å²) in [6.45, 7) is 4.02. The Kier molecular flexibility index (Phi) is 3.91. The van der Waals surface area contributed by atoms with Gasteiger partial charge in [0.25, 0.3) is 0 Å². The predicted octanol–water partition coefficient (Wildman–Crippen LogP) is 5.11. The van der Waals surface area contributed by atoms with E-state index in [4.69, 9.17) is 28.5 Å². The Bertz CT molecular complexity index is 606. The van der Waals surface area contributed by atoms with Crippen molar-refractivity contribution < 1.29 is 0 Å². The monoisotopic (exact) mass is 296 g/mol. The van der Waals surface area contributed by atoms with Gasteiger partial charge < -0.3 is 0 Å². The predicted molar refractivity (Wildman–Crippen MR) is 76.4 cm³/mol. The molecule has 0 saturated heterocycles. The van der Waals surface area contributed by atoms with Gasteiger partial charge >= 0.3 is 0 Å². The second kappa shape index (κ2) is 5.27. The average Bonchev–Trinajstić information content (AvgIpc) is 2.73. The van der Waals surface area contributed by atoms with Crippen LogP contribution in [0.5, 0.6) is 0 Å². The number of hydrogen-bond acceptors (Lipinski definition) is 3. The minimum Gasteiger partial charge on any atom is -0.239 e. The second-order valence-corrected chi connectivity index (χ2v) is 5.91. The first kappa shape index (κ1) is 13.4. The summed E-state index contributed by atoms with van der Waals surface area (Å²) < 4.78 is 0. The molecule has 0 spiro atoms. The zero-order chi connectivity index (χ0) is 13.3. The van der Waals surface area contributed by atoms with Gasteiger partial charge in [-0.2, -0.15) is 5.26 Å². The van der Waals surface area contributed by atoms with Crippen molar-refractivity contribution in [3.05, 3.63) is 38.8 Å². The van der Waals surface area contributed by atoms with Crippen LogP contribution in [-0.4, -0.2) is 4.98 Å². The third kappa shape index (κ3) is 2.37. The summed E-state index contributed by atoms with van der Waals surface area (Å²) in [5, 5.41) is 10.9. The van der Waals surface area contributed by atoms with E-state index in [0.717, 1.165) is 5.69 Å². The van der Waals surface area contributed by atoms with E-state index in [9.17, 15) is 0 Å². The van der Waals surface area contributed by atoms with Crippen LogP contribution in [0.4, 0.5) is 0 Å². The molecular formula is C13H10Cl2N2S. The number of benzene rings is 1. The van der Waals surface area contributed by atoms with Gasteiger partial charge in [0.1, 0.15) is 16.0 Å². The molecule has 1 aromatic carbocycles. The molecule has 5 heteroatoms. The number of halogens is 2. The zero-order valence-corrected chi connectivity index (χ0v) is 12.2. The SMILES string of the molecule is CC(C)c1nc(-c2c(Cl)cccc2Cl)sc1C#N. The minimum atomic E-state index is 0.200. The van der Waals surface area contributed by atoms with Gasteiger partial charge in [0.15, 0.2) is 0 Å². The average molecular weight is 297 g/mol. The molecule has 2 aromatic rings. The van der Waals surface area contributed by atoms with Crippen LogP contribution in [0.15, 0.2) is 18.2 Å². The van der Waals surface area contributed by atoms with Crippen molar-refractivity contribution >= 4 is 34.5 Å². The largest absolute Gasteiger partial charge is 0.239 e. The maximum atomic E-state index is 9.12. The van der Waals surface area contributed by atoms with Crippen LogP contribution in [0.2, 0.25) is 10.0 Å². The van der Waals surface area contributed by atoms with E-state index in [1.165, 1.54) is 11.3 Å². The summed E-state index contributed by atoms with van der Waals surface area (Å²) in [4.78, 5) is 5.12. The van der Waals surface area contributed by atoms with E-state index < -0.39 is 0 Å². The summed E-state index contributed by atoms with van der Waals surface area (Å²) >= 11 is 13.6. The number of nitriles is 1. The molecule has 0 bridgehead atoms. The molecule has 1 heterocycles. The quantitative estimate of drug-likeness (QED) is 0.772. The van der Waals surface area contributed by atoms with Crippen LogP contribution in [0.25, 0.3) is 10.6 Å². The van der Waals surface area contributed by atoms with Crippen LogP contribution in [0.1, 0.15) is 30.3 Å². The maximum absolute atomic E-state index is 9.12. The van der Waals surface area contributed by atoms with Crippen molar-refractivity contribution in [2.45, 2.75) is 19.8 Å². The molecule has 2 nitrogen and oxygen atoms in total. The Labute approximate surface area is 120 Å². The van der Waals surface area contributed by atoms with E-state index in [-0.39, 0.29) is 5.92 Å². The minimum absolute atomic E-state index is 0.200. The van der Waals surface area contributed by atoms with Crippen LogP contribution in [0, 0.1) is 11.3 Å². The van der Waals surface area contributed by atoms with Crippen LogP contribution in [-0.2, 0) is 0 Å².